The van der Waals surface area contributed by atoms with Crippen LogP contribution in [0.1, 0.15) is 48.9 Å². The summed E-state index contributed by atoms with van der Waals surface area (Å²) in [7, 11) is 0. The van der Waals surface area contributed by atoms with Crippen molar-refractivity contribution in [2.24, 2.45) is 0 Å². The minimum Gasteiger partial charge on any atom is -0.457 e. The molecular weight excluding hydrogens is 787 g/mol. The summed E-state index contributed by atoms with van der Waals surface area (Å²) in [5.41, 5.74) is 5.26. The Morgan fingerprint density at radius 2 is 1.10 bits per heavy atom. The van der Waals surface area contributed by atoms with Crippen LogP contribution < -0.4 is 14.8 Å². The number of aromatic amines is 2. The number of piperidine rings is 2. The summed E-state index contributed by atoms with van der Waals surface area (Å²) < 4.78 is 41.8. The number of H-pyrrole nitrogens is 2. The van der Waals surface area contributed by atoms with Crippen molar-refractivity contribution in [2.45, 2.75) is 37.5 Å². The number of hydrogen-bond acceptors (Lipinski definition) is 8. The highest BCUT2D eigenvalue weighted by Gasteiger charge is 2.26. The first kappa shape index (κ1) is 40.2. The third-order valence-electron chi connectivity index (χ3n) is 11.4. The molecule has 8 aromatic rings. The van der Waals surface area contributed by atoms with Crippen molar-refractivity contribution in [1.82, 2.24) is 40.6 Å². The van der Waals surface area contributed by atoms with E-state index in [1.54, 1.807) is 41.6 Å². The Kier molecular flexibility index (Phi) is 11.8. The fourth-order valence-corrected chi connectivity index (χ4v) is 8.14. The fraction of sp³-hybridized carbons (Fsp3) is 0.204. The predicted octanol–water partition coefficient (Wildman–Crippen LogP) is 10.5. The molecule has 2 saturated heterocycles. The van der Waals surface area contributed by atoms with E-state index in [2.05, 4.69) is 38.4 Å². The molecule has 0 bridgehead atoms. The van der Waals surface area contributed by atoms with Gasteiger partial charge in [-0.3, -0.25) is 25.0 Å². The number of nitrogens with zero attached hydrogens (tertiary/aromatic N) is 5. The van der Waals surface area contributed by atoms with Crippen LogP contribution in [-0.4, -0.2) is 67.3 Å². The average molecular weight is 831 g/mol. The normalized spacial score (nSPS) is 14.6. The van der Waals surface area contributed by atoms with Gasteiger partial charge in [0.2, 0.25) is 5.91 Å². The molecule has 3 N–H and O–H groups in total. The van der Waals surface area contributed by atoms with E-state index in [0.717, 1.165) is 66.4 Å². The molecule has 0 spiro atoms. The van der Waals surface area contributed by atoms with Crippen LogP contribution in [0.3, 0.4) is 0 Å². The molecule has 0 saturated carbocycles. The highest BCUT2D eigenvalue weighted by atomic mass is 19.1. The molecule has 62 heavy (non-hydrogen) atoms. The Morgan fingerprint density at radius 1 is 0.629 bits per heavy atom. The van der Waals surface area contributed by atoms with Gasteiger partial charge in [0.25, 0.3) is 0 Å². The van der Waals surface area contributed by atoms with Crippen molar-refractivity contribution >= 4 is 27.7 Å². The third-order valence-corrected chi connectivity index (χ3v) is 11.4. The van der Waals surface area contributed by atoms with E-state index in [1.165, 1.54) is 18.2 Å². The Morgan fingerprint density at radius 3 is 1.55 bits per heavy atom. The molecule has 4 aromatic heterocycles. The minimum absolute atomic E-state index is 0.0488. The lowest BCUT2D eigenvalue weighted by atomic mass is 9.92. The number of nitrogens with one attached hydrogen (secondary N) is 3. The fourth-order valence-electron chi connectivity index (χ4n) is 8.14. The monoisotopic (exact) mass is 830 g/mol. The van der Waals surface area contributed by atoms with Crippen molar-refractivity contribution in [3.05, 3.63) is 157 Å². The molecule has 10 rings (SSSR count). The smallest absolute Gasteiger partial charge is 0.245 e. The van der Waals surface area contributed by atoms with Gasteiger partial charge in [-0.1, -0.05) is 43.0 Å². The van der Waals surface area contributed by atoms with Crippen LogP contribution in [0.15, 0.2) is 134 Å². The van der Waals surface area contributed by atoms with E-state index in [1.807, 2.05) is 66.7 Å². The lowest BCUT2D eigenvalue weighted by molar-refractivity contribution is -0.127. The molecule has 2 fully saturated rings. The summed E-state index contributed by atoms with van der Waals surface area (Å²) in [5, 5.41) is 19.4. The predicted molar refractivity (Wildman–Crippen MR) is 235 cm³/mol. The van der Waals surface area contributed by atoms with Gasteiger partial charge < -0.3 is 19.7 Å². The second kappa shape index (κ2) is 18.2. The Hall–Kier alpha value is -7.25. The number of likely N-dealkylation sites (tertiary alicyclic amines) is 1. The molecule has 1 amide bonds. The average Bonchev–Trinajstić information content (AvgIpc) is 4.00. The zero-order chi connectivity index (χ0) is 42.4. The maximum atomic E-state index is 15.2. The van der Waals surface area contributed by atoms with Crippen LogP contribution in [0.5, 0.6) is 23.0 Å². The SMILES string of the molecule is C=CC(=O)N1CCC(c2cc3cn[nH]c3c(-c3ccc(Oc4ccccc4)cc3F)n2)CC1.Fc1cc(Oc2ccccc2)ccc1-c1nc(C2CCNCC2)cc2cn[nH]c12. The Bertz CT molecular complexity index is 2830. The lowest BCUT2D eigenvalue weighted by Crippen LogP contribution is -2.36. The standard InChI is InChI=1S/C26H23FN4O2.C23H21FN4O/c1-2-24(32)31-12-10-17(11-13-31)23-14-18-16-28-30-25(18)26(29-23)21-9-8-20(15-22(21)27)33-19-6-4-3-5-7-19;24-20-13-18(29-17-4-2-1-3-5-17)6-7-19(20)23-22-16(14-26-28-22)12-21(27-23)15-8-10-25-11-9-15/h2-9,14-17H,1,10-13H2,(H,28,30);1-7,12-15,25H,8-11H2,(H,26,28). The van der Waals surface area contributed by atoms with E-state index >= 15 is 8.78 Å². The number of halogens is 2. The number of ether oxygens (including phenoxy) is 2. The zero-order valence-corrected chi connectivity index (χ0v) is 33.9. The number of carbonyl (C=O) groups excluding carboxylic acids is 1. The Labute approximate surface area is 356 Å². The summed E-state index contributed by atoms with van der Waals surface area (Å²) in [6.45, 7) is 6.82. The molecule has 4 aromatic carbocycles. The topological polar surface area (TPSA) is 134 Å². The molecule has 2 aliphatic rings. The third kappa shape index (κ3) is 8.79. The number of aromatic nitrogens is 6. The quantitative estimate of drug-likeness (QED) is 0.122. The largest absolute Gasteiger partial charge is 0.457 e. The van der Waals surface area contributed by atoms with Gasteiger partial charge in [-0.05, 0) is 106 Å². The van der Waals surface area contributed by atoms with Crippen molar-refractivity contribution in [3.8, 4) is 45.5 Å². The molecule has 11 nitrogen and oxygen atoms in total. The van der Waals surface area contributed by atoms with Crippen molar-refractivity contribution in [3.63, 3.8) is 0 Å². The zero-order valence-electron chi connectivity index (χ0n) is 33.9. The van der Waals surface area contributed by atoms with E-state index in [0.29, 0.717) is 70.0 Å². The minimum atomic E-state index is -0.421. The molecule has 2 aliphatic heterocycles. The first-order chi connectivity index (χ1) is 30.4. The number of benzene rings is 4. The highest BCUT2D eigenvalue weighted by Crippen LogP contribution is 2.37. The number of fused-ring (bicyclic) bond motifs is 2. The number of carbonyl (C=O) groups is 1. The maximum Gasteiger partial charge on any atom is 0.245 e. The number of pyridine rings is 2. The molecule has 0 radical (unpaired) electrons. The van der Waals surface area contributed by atoms with Gasteiger partial charge >= 0.3 is 0 Å². The van der Waals surface area contributed by atoms with Crippen molar-refractivity contribution in [1.29, 1.82) is 0 Å². The van der Waals surface area contributed by atoms with Crippen LogP contribution in [0.4, 0.5) is 8.78 Å². The number of hydrogen-bond donors (Lipinski definition) is 3. The molecule has 0 aliphatic carbocycles. The molecule has 312 valence electrons. The van der Waals surface area contributed by atoms with Gasteiger partial charge in [0, 0.05) is 70.3 Å². The molecule has 0 atom stereocenters. The van der Waals surface area contributed by atoms with Crippen LogP contribution in [0.2, 0.25) is 0 Å². The van der Waals surface area contributed by atoms with Crippen LogP contribution in [0.25, 0.3) is 44.3 Å². The highest BCUT2D eigenvalue weighted by molar-refractivity contribution is 5.93. The summed E-state index contributed by atoms with van der Waals surface area (Å²) in [4.78, 5) is 23.4. The summed E-state index contributed by atoms with van der Waals surface area (Å²) >= 11 is 0. The molecular formula is C49H44F2N8O3. The van der Waals surface area contributed by atoms with Crippen LogP contribution in [0, 0.1) is 11.6 Å². The Balaban J connectivity index is 0.000000159. The number of rotatable bonds is 9. The van der Waals surface area contributed by atoms with Gasteiger partial charge in [0.1, 0.15) is 34.6 Å². The van der Waals surface area contributed by atoms with Crippen LogP contribution in [-0.2, 0) is 4.79 Å². The van der Waals surface area contributed by atoms with E-state index in [4.69, 9.17) is 19.4 Å². The molecule has 6 heterocycles. The van der Waals surface area contributed by atoms with Gasteiger partial charge in [-0.25, -0.2) is 8.78 Å². The van der Waals surface area contributed by atoms with Gasteiger partial charge in [-0.15, -0.1) is 0 Å². The number of amides is 1. The summed E-state index contributed by atoms with van der Waals surface area (Å²) in [6.07, 6.45) is 8.50. The van der Waals surface area contributed by atoms with E-state index < -0.39 is 5.82 Å². The summed E-state index contributed by atoms with van der Waals surface area (Å²) in [6, 6.07) is 32.4. The second-order valence-corrected chi connectivity index (χ2v) is 15.4. The molecule has 13 heteroatoms. The summed E-state index contributed by atoms with van der Waals surface area (Å²) in [5.74, 6) is 1.89. The van der Waals surface area contributed by atoms with Crippen molar-refractivity contribution in [2.75, 3.05) is 26.2 Å². The first-order valence-electron chi connectivity index (χ1n) is 20.8. The molecule has 0 unspecified atom stereocenters. The van der Waals surface area contributed by atoms with Crippen molar-refractivity contribution < 1.29 is 23.0 Å². The van der Waals surface area contributed by atoms with Gasteiger partial charge in [-0.2, -0.15) is 10.2 Å². The van der Waals surface area contributed by atoms with Gasteiger partial charge in [0.05, 0.1) is 34.8 Å². The number of para-hydroxylation sites is 2. The lowest BCUT2D eigenvalue weighted by Gasteiger charge is -2.31. The van der Waals surface area contributed by atoms with E-state index in [-0.39, 0.29) is 17.6 Å². The van der Waals surface area contributed by atoms with E-state index in [9.17, 15) is 4.79 Å². The second-order valence-electron chi connectivity index (χ2n) is 15.4. The first-order valence-corrected chi connectivity index (χ1v) is 20.8. The van der Waals surface area contributed by atoms with Gasteiger partial charge in [0.15, 0.2) is 0 Å². The van der Waals surface area contributed by atoms with Crippen LogP contribution >= 0.6 is 0 Å². The maximum absolute atomic E-state index is 15.2.